The summed E-state index contributed by atoms with van der Waals surface area (Å²) in [7, 11) is -2.09. The summed E-state index contributed by atoms with van der Waals surface area (Å²) < 4.78 is 30.7. The minimum absolute atomic E-state index is 0.112. The fourth-order valence-corrected chi connectivity index (χ4v) is 5.40. The predicted octanol–water partition coefficient (Wildman–Crippen LogP) is 3.52. The van der Waals surface area contributed by atoms with Gasteiger partial charge in [-0.2, -0.15) is 0 Å². The molecule has 1 N–H and O–H groups in total. The molecule has 1 amide bonds. The van der Waals surface area contributed by atoms with E-state index in [2.05, 4.69) is 23.5 Å². The van der Waals surface area contributed by atoms with Crippen LogP contribution in [0.3, 0.4) is 0 Å². The van der Waals surface area contributed by atoms with Gasteiger partial charge in [0.15, 0.2) is 0 Å². The predicted molar refractivity (Wildman–Crippen MR) is 121 cm³/mol. The molecule has 1 aliphatic rings. The number of benzene rings is 1. The van der Waals surface area contributed by atoms with Crippen LogP contribution in [-0.2, 0) is 17.1 Å². The van der Waals surface area contributed by atoms with E-state index in [1.165, 1.54) is 6.07 Å². The Morgan fingerprint density at radius 1 is 1.10 bits per heavy atom. The summed E-state index contributed by atoms with van der Waals surface area (Å²) in [6.45, 7) is 11.0. The maximum Gasteiger partial charge on any atom is 0.270 e. The Morgan fingerprint density at radius 3 is 2.30 bits per heavy atom. The second-order valence-corrected chi connectivity index (χ2v) is 9.47. The van der Waals surface area contributed by atoms with Gasteiger partial charge in [-0.3, -0.25) is 9.52 Å². The number of carbonyl (C=O) groups excluding carboxylic acids is 1. The van der Waals surface area contributed by atoms with E-state index in [1.807, 2.05) is 19.1 Å². The van der Waals surface area contributed by atoms with Gasteiger partial charge in [0, 0.05) is 44.6 Å². The van der Waals surface area contributed by atoms with E-state index >= 15 is 0 Å². The van der Waals surface area contributed by atoms with Gasteiger partial charge in [-0.1, -0.05) is 0 Å². The zero-order chi connectivity index (χ0) is 22.1. The van der Waals surface area contributed by atoms with Crippen molar-refractivity contribution in [2.45, 2.75) is 45.4 Å². The molecule has 1 saturated heterocycles. The van der Waals surface area contributed by atoms with Gasteiger partial charge >= 0.3 is 0 Å². The van der Waals surface area contributed by atoms with Crippen molar-refractivity contribution in [1.29, 1.82) is 0 Å². The lowest BCUT2D eigenvalue weighted by Crippen LogP contribution is -2.29. The van der Waals surface area contributed by atoms with E-state index in [1.54, 1.807) is 29.5 Å². The average molecular weight is 433 g/mol. The van der Waals surface area contributed by atoms with Crippen molar-refractivity contribution in [1.82, 2.24) is 9.47 Å². The first kappa shape index (κ1) is 22.2. The number of aryl methyl sites for hydroxylation is 1. The van der Waals surface area contributed by atoms with E-state index in [0.717, 1.165) is 50.3 Å². The Morgan fingerprint density at radius 2 is 1.73 bits per heavy atom. The average Bonchev–Trinajstić information content (AvgIpc) is 3.34. The van der Waals surface area contributed by atoms with E-state index in [0.29, 0.717) is 17.1 Å². The molecule has 1 fully saturated rings. The lowest BCUT2D eigenvalue weighted by Gasteiger charge is -2.22. The van der Waals surface area contributed by atoms with Crippen molar-refractivity contribution >= 4 is 27.3 Å². The van der Waals surface area contributed by atoms with Crippen LogP contribution in [-0.4, -0.2) is 50.0 Å². The molecule has 0 saturated carbocycles. The molecule has 0 bridgehead atoms. The van der Waals surface area contributed by atoms with Crippen molar-refractivity contribution in [2.24, 2.45) is 7.05 Å². The van der Waals surface area contributed by atoms with Crippen LogP contribution in [0.2, 0.25) is 0 Å². The standard InChI is InChI=1S/C22H32N4O3S/c1-6-25(7-2)18-10-11-19(16(3)14-18)23-30(28,29)21-15-20(24(5)17(21)4)22(27)26-12-8-9-13-26/h10-11,14-15,23H,6-9,12-13H2,1-5H3. The highest BCUT2D eigenvalue weighted by Gasteiger charge is 2.28. The van der Waals surface area contributed by atoms with Gasteiger partial charge < -0.3 is 14.4 Å². The Kier molecular flexibility index (Phi) is 6.45. The molecular formula is C22H32N4O3S. The van der Waals surface area contributed by atoms with Crippen LogP contribution in [0.1, 0.15) is 48.4 Å². The molecule has 0 spiro atoms. The molecule has 2 heterocycles. The summed E-state index contributed by atoms with van der Waals surface area (Å²) in [4.78, 5) is 17.0. The Balaban J connectivity index is 1.89. The van der Waals surface area contributed by atoms with Crippen LogP contribution in [0.5, 0.6) is 0 Å². The first-order valence-corrected chi connectivity index (χ1v) is 12.0. The van der Waals surface area contributed by atoms with Crippen molar-refractivity contribution in [2.75, 3.05) is 35.8 Å². The van der Waals surface area contributed by atoms with Crippen LogP contribution < -0.4 is 9.62 Å². The monoisotopic (exact) mass is 432 g/mol. The van der Waals surface area contributed by atoms with Crippen LogP contribution in [0.15, 0.2) is 29.2 Å². The number of rotatable bonds is 7. The van der Waals surface area contributed by atoms with Crippen molar-refractivity contribution < 1.29 is 13.2 Å². The van der Waals surface area contributed by atoms with Crippen LogP contribution in [0, 0.1) is 13.8 Å². The molecule has 0 radical (unpaired) electrons. The zero-order valence-electron chi connectivity index (χ0n) is 18.5. The fraction of sp³-hybridized carbons (Fsp3) is 0.500. The van der Waals surface area contributed by atoms with E-state index in [4.69, 9.17) is 0 Å². The van der Waals surface area contributed by atoms with E-state index < -0.39 is 10.0 Å². The third-order valence-corrected chi connectivity index (χ3v) is 7.45. The molecule has 30 heavy (non-hydrogen) atoms. The lowest BCUT2D eigenvalue weighted by molar-refractivity contribution is 0.0783. The molecule has 2 aromatic rings. The summed E-state index contributed by atoms with van der Waals surface area (Å²) in [5.74, 6) is -0.112. The maximum atomic E-state index is 13.2. The SMILES string of the molecule is CCN(CC)c1ccc(NS(=O)(=O)c2cc(C(=O)N3CCCC3)n(C)c2C)c(C)c1. The highest BCUT2D eigenvalue weighted by Crippen LogP contribution is 2.28. The summed E-state index contributed by atoms with van der Waals surface area (Å²) in [6, 6.07) is 7.22. The summed E-state index contributed by atoms with van der Waals surface area (Å²) >= 11 is 0. The van der Waals surface area contributed by atoms with Gasteiger partial charge in [0.1, 0.15) is 10.6 Å². The van der Waals surface area contributed by atoms with Crippen molar-refractivity contribution in [3.8, 4) is 0 Å². The second-order valence-electron chi connectivity index (χ2n) is 7.81. The van der Waals surface area contributed by atoms with E-state index in [-0.39, 0.29) is 10.8 Å². The summed E-state index contributed by atoms with van der Waals surface area (Å²) in [6.07, 6.45) is 1.98. The number of likely N-dealkylation sites (tertiary alicyclic amines) is 1. The Hall–Kier alpha value is -2.48. The molecule has 0 atom stereocenters. The van der Waals surface area contributed by atoms with Crippen molar-refractivity contribution in [3.05, 3.63) is 41.2 Å². The largest absolute Gasteiger partial charge is 0.372 e. The number of hydrogen-bond donors (Lipinski definition) is 1. The molecule has 0 aliphatic carbocycles. The first-order valence-electron chi connectivity index (χ1n) is 10.5. The highest BCUT2D eigenvalue weighted by atomic mass is 32.2. The molecule has 1 aromatic heterocycles. The fourth-order valence-electron chi connectivity index (χ4n) is 3.98. The normalized spacial score (nSPS) is 14.2. The van der Waals surface area contributed by atoms with Gasteiger partial charge in [-0.25, -0.2) is 8.42 Å². The minimum atomic E-state index is -3.82. The molecule has 8 heteroatoms. The lowest BCUT2D eigenvalue weighted by atomic mass is 10.1. The number of nitrogens with one attached hydrogen (secondary N) is 1. The van der Waals surface area contributed by atoms with Gasteiger partial charge in [-0.05, 0) is 70.4 Å². The molecule has 164 valence electrons. The number of aromatic nitrogens is 1. The Labute approximate surface area is 179 Å². The molecule has 1 aromatic carbocycles. The minimum Gasteiger partial charge on any atom is -0.372 e. The second kappa shape index (κ2) is 8.71. The van der Waals surface area contributed by atoms with Gasteiger partial charge in [-0.15, -0.1) is 0 Å². The highest BCUT2D eigenvalue weighted by molar-refractivity contribution is 7.92. The van der Waals surface area contributed by atoms with Gasteiger partial charge in [0.05, 0.1) is 5.69 Å². The molecule has 7 nitrogen and oxygen atoms in total. The quantitative estimate of drug-likeness (QED) is 0.726. The number of sulfonamides is 1. The maximum absolute atomic E-state index is 13.2. The number of amides is 1. The third kappa shape index (κ3) is 4.19. The molecule has 3 rings (SSSR count). The van der Waals surface area contributed by atoms with Gasteiger partial charge in [0.25, 0.3) is 15.9 Å². The molecule has 1 aliphatic heterocycles. The number of hydrogen-bond acceptors (Lipinski definition) is 4. The first-order chi connectivity index (χ1) is 14.2. The topological polar surface area (TPSA) is 74.7 Å². The number of nitrogens with zero attached hydrogens (tertiary/aromatic N) is 3. The van der Waals surface area contributed by atoms with Crippen LogP contribution >= 0.6 is 0 Å². The van der Waals surface area contributed by atoms with Crippen LogP contribution in [0.25, 0.3) is 0 Å². The summed E-state index contributed by atoms with van der Waals surface area (Å²) in [5, 5.41) is 0. The smallest absolute Gasteiger partial charge is 0.270 e. The molecular weight excluding hydrogens is 400 g/mol. The Bertz CT molecular complexity index is 1030. The summed E-state index contributed by atoms with van der Waals surface area (Å²) in [5.41, 5.74) is 3.41. The molecule has 0 unspecified atom stereocenters. The third-order valence-electron chi connectivity index (χ3n) is 5.97. The van der Waals surface area contributed by atoms with Crippen LogP contribution in [0.4, 0.5) is 11.4 Å². The number of carbonyl (C=O) groups is 1. The van der Waals surface area contributed by atoms with Gasteiger partial charge in [0.2, 0.25) is 0 Å². The zero-order valence-corrected chi connectivity index (χ0v) is 19.3. The number of anilines is 2. The van der Waals surface area contributed by atoms with E-state index in [9.17, 15) is 13.2 Å². The van der Waals surface area contributed by atoms with Crippen molar-refractivity contribution in [3.63, 3.8) is 0 Å².